The Morgan fingerprint density at radius 1 is 1.17 bits per heavy atom. The summed E-state index contributed by atoms with van der Waals surface area (Å²) in [6.45, 7) is 9.19. The first-order valence-corrected chi connectivity index (χ1v) is 11.3. The summed E-state index contributed by atoms with van der Waals surface area (Å²) in [6.07, 6.45) is 1.76. The van der Waals surface area contributed by atoms with Gasteiger partial charge in [-0.05, 0) is 65.1 Å². The Bertz CT molecular complexity index is 816. The highest BCUT2D eigenvalue weighted by Crippen LogP contribution is 2.17. The van der Waals surface area contributed by atoms with Crippen LogP contribution in [-0.2, 0) is 14.8 Å². The lowest BCUT2D eigenvalue weighted by Gasteiger charge is -2.32. The second-order valence-electron chi connectivity index (χ2n) is 8.66. The van der Waals surface area contributed by atoms with Crippen molar-refractivity contribution in [3.8, 4) is 0 Å². The highest BCUT2D eigenvalue weighted by atomic mass is 32.2. The molecule has 1 aliphatic heterocycles. The van der Waals surface area contributed by atoms with Crippen LogP contribution in [0.15, 0.2) is 29.2 Å². The van der Waals surface area contributed by atoms with Gasteiger partial charge in [-0.15, -0.1) is 0 Å². The van der Waals surface area contributed by atoms with Crippen LogP contribution >= 0.6 is 0 Å². The lowest BCUT2D eigenvalue weighted by Crippen LogP contribution is -2.51. The Hall–Kier alpha value is -1.97. The summed E-state index contributed by atoms with van der Waals surface area (Å²) in [5.74, 6) is -0.257. The fourth-order valence-electron chi connectivity index (χ4n) is 3.23. The summed E-state index contributed by atoms with van der Waals surface area (Å²) in [4.78, 5) is 26.1. The molecule has 0 aliphatic carbocycles. The van der Waals surface area contributed by atoms with Crippen LogP contribution in [0.4, 0.5) is 4.79 Å². The highest BCUT2D eigenvalue weighted by molar-refractivity contribution is 7.89. The Balaban J connectivity index is 1.82. The van der Waals surface area contributed by atoms with Crippen molar-refractivity contribution in [1.82, 2.24) is 20.3 Å². The summed E-state index contributed by atoms with van der Waals surface area (Å²) in [5.41, 5.74) is 0.580. The second-order valence-corrected chi connectivity index (χ2v) is 10.4. The molecule has 1 aromatic rings. The number of likely N-dealkylation sites (tertiary alicyclic amines) is 1. The van der Waals surface area contributed by atoms with Crippen LogP contribution in [0.3, 0.4) is 0 Å². The van der Waals surface area contributed by atoms with Crippen LogP contribution in [0.2, 0.25) is 0 Å². The zero-order valence-electron chi connectivity index (χ0n) is 17.6. The maximum Gasteiger partial charge on any atom is 0.321 e. The number of hydrogen-bond donors (Lipinski definition) is 3. The SMILES string of the molecule is Cc1ccc(S(=O)(=O)NCC2CCCN(CC(=O)NC(=O)NC(C)(C)C)C2)cc1. The second kappa shape index (κ2) is 9.69. The molecule has 1 unspecified atom stereocenters. The van der Waals surface area contributed by atoms with Crippen LogP contribution in [0.5, 0.6) is 0 Å². The molecule has 29 heavy (non-hydrogen) atoms. The molecule has 1 aliphatic rings. The molecule has 2 rings (SSSR count). The molecule has 3 N–H and O–H groups in total. The van der Waals surface area contributed by atoms with Gasteiger partial charge in [0.1, 0.15) is 0 Å². The molecule has 162 valence electrons. The van der Waals surface area contributed by atoms with E-state index in [1.165, 1.54) is 0 Å². The maximum absolute atomic E-state index is 12.4. The molecule has 1 saturated heterocycles. The number of benzene rings is 1. The maximum atomic E-state index is 12.4. The number of rotatable bonds is 6. The molecule has 0 aromatic heterocycles. The van der Waals surface area contributed by atoms with E-state index < -0.39 is 21.6 Å². The molecule has 0 radical (unpaired) electrons. The molecule has 3 amide bonds. The monoisotopic (exact) mass is 424 g/mol. The van der Waals surface area contributed by atoms with Crippen LogP contribution in [0.1, 0.15) is 39.2 Å². The quantitative estimate of drug-likeness (QED) is 0.643. The van der Waals surface area contributed by atoms with Gasteiger partial charge in [0.05, 0.1) is 11.4 Å². The van der Waals surface area contributed by atoms with Gasteiger partial charge in [0.25, 0.3) is 0 Å². The van der Waals surface area contributed by atoms with E-state index in [0.29, 0.717) is 13.1 Å². The fraction of sp³-hybridized carbons (Fsp3) is 0.600. The van der Waals surface area contributed by atoms with Crippen LogP contribution in [0.25, 0.3) is 0 Å². The number of sulfonamides is 1. The lowest BCUT2D eigenvalue weighted by atomic mass is 9.98. The van der Waals surface area contributed by atoms with Crippen LogP contribution in [-0.4, -0.2) is 57.0 Å². The van der Waals surface area contributed by atoms with Gasteiger partial charge in [0, 0.05) is 18.6 Å². The third kappa shape index (κ3) is 8.12. The zero-order valence-corrected chi connectivity index (χ0v) is 18.4. The largest absolute Gasteiger partial charge is 0.333 e. The first-order chi connectivity index (χ1) is 13.4. The van der Waals surface area contributed by atoms with Crippen LogP contribution < -0.4 is 15.4 Å². The fourth-order valence-corrected chi connectivity index (χ4v) is 4.35. The summed E-state index contributed by atoms with van der Waals surface area (Å²) >= 11 is 0. The molecule has 8 nitrogen and oxygen atoms in total. The average molecular weight is 425 g/mol. The minimum Gasteiger partial charge on any atom is -0.333 e. The molecule has 9 heteroatoms. The van der Waals surface area contributed by atoms with E-state index >= 15 is 0 Å². The zero-order chi connectivity index (χ0) is 21.7. The molecular formula is C20H32N4O4S. The van der Waals surface area contributed by atoms with Gasteiger partial charge in [-0.3, -0.25) is 15.0 Å². The van der Waals surface area contributed by atoms with Crippen molar-refractivity contribution in [3.63, 3.8) is 0 Å². The average Bonchev–Trinajstić information content (AvgIpc) is 2.59. The molecular weight excluding hydrogens is 392 g/mol. The topological polar surface area (TPSA) is 108 Å². The van der Waals surface area contributed by atoms with E-state index in [4.69, 9.17) is 0 Å². The van der Waals surface area contributed by atoms with Crippen molar-refractivity contribution in [3.05, 3.63) is 29.8 Å². The summed E-state index contributed by atoms with van der Waals surface area (Å²) in [5, 5.41) is 5.02. The normalized spacial score (nSPS) is 18.3. The number of nitrogens with zero attached hydrogens (tertiary/aromatic N) is 1. The van der Waals surface area contributed by atoms with Crippen molar-refractivity contribution in [2.24, 2.45) is 5.92 Å². The van der Waals surface area contributed by atoms with E-state index in [0.717, 1.165) is 24.9 Å². The summed E-state index contributed by atoms with van der Waals surface area (Å²) < 4.78 is 27.6. The highest BCUT2D eigenvalue weighted by Gasteiger charge is 2.24. The number of amides is 3. The third-order valence-electron chi connectivity index (χ3n) is 4.61. The molecule has 0 bridgehead atoms. The number of hydrogen-bond acceptors (Lipinski definition) is 5. The first-order valence-electron chi connectivity index (χ1n) is 9.85. The summed E-state index contributed by atoms with van der Waals surface area (Å²) in [6, 6.07) is 6.22. The molecule has 1 fully saturated rings. The molecule has 1 atom stereocenters. The minimum atomic E-state index is -3.55. The van der Waals surface area contributed by atoms with E-state index in [-0.39, 0.29) is 23.3 Å². The predicted octanol–water partition coefficient (Wildman–Crippen LogP) is 1.61. The predicted molar refractivity (Wildman–Crippen MR) is 112 cm³/mol. The van der Waals surface area contributed by atoms with Gasteiger partial charge in [-0.25, -0.2) is 17.9 Å². The third-order valence-corrected chi connectivity index (χ3v) is 6.04. The van der Waals surface area contributed by atoms with Gasteiger partial charge >= 0.3 is 6.03 Å². The van der Waals surface area contributed by atoms with Gasteiger partial charge in [-0.2, -0.15) is 0 Å². The Kier molecular flexibility index (Phi) is 7.79. The van der Waals surface area contributed by atoms with Crippen molar-refractivity contribution in [2.45, 2.75) is 51.0 Å². The molecule has 1 heterocycles. The number of nitrogens with one attached hydrogen (secondary N) is 3. The Morgan fingerprint density at radius 2 is 1.83 bits per heavy atom. The number of piperidine rings is 1. The van der Waals surface area contributed by atoms with Gasteiger partial charge in [-0.1, -0.05) is 17.7 Å². The number of urea groups is 1. The minimum absolute atomic E-state index is 0.110. The number of imide groups is 1. The molecule has 0 saturated carbocycles. The number of aryl methyl sites for hydroxylation is 1. The molecule has 0 spiro atoms. The lowest BCUT2D eigenvalue weighted by molar-refractivity contribution is -0.121. The van der Waals surface area contributed by atoms with E-state index in [2.05, 4.69) is 15.4 Å². The van der Waals surface area contributed by atoms with E-state index in [1.54, 1.807) is 24.3 Å². The molecule has 1 aromatic carbocycles. The van der Waals surface area contributed by atoms with Crippen molar-refractivity contribution < 1.29 is 18.0 Å². The summed E-state index contributed by atoms with van der Waals surface area (Å²) in [7, 11) is -3.55. The smallest absolute Gasteiger partial charge is 0.321 e. The van der Waals surface area contributed by atoms with Crippen molar-refractivity contribution in [1.29, 1.82) is 0 Å². The van der Waals surface area contributed by atoms with Crippen molar-refractivity contribution >= 4 is 22.0 Å². The van der Waals surface area contributed by atoms with Gasteiger partial charge < -0.3 is 5.32 Å². The van der Waals surface area contributed by atoms with E-state index in [1.807, 2.05) is 32.6 Å². The van der Waals surface area contributed by atoms with E-state index in [9.17, 15) is 18.0 Å². The van der Waals surface area contributed by atoms with Gasteiger partial charge in [0.15, 0.2) is 0 Å². The van der Waals surface area contributed by atoms with Crippen LogP contribution in [0, 0.1) is 12.8 Å². The number of carbonyl (C=O) groups is 2. The first kappa shape index (κ1) is 23.3. The number of carbonyl (C=O) groups excluding carboxylic acids is 2. The van der Waals surface area contributed by atoms with Gasteiger partial charge in [0.2, 0.25) is 15.9 Å². The Labute approximate surface area is 173 Å². The Morgan fingerprint density at radius 3 is 2.45 bits per heavy atom. The standard InChI is InChI=1S/C20H32N4O4S/c1-15-7-9-17(10-8-15)29(27,28)21-12-16-6-5-11-24(13-16)14-18(25)22-19(26)23-20(2,3)4/h7-10,16,21H,5-6,11-14H2,1-4H3,(H2,22,23,25,26). The van der Waals surface area contributed by atoms with Crippen molar-refractivity contribution in [2.75, 3.05) is 26.2 Å².